The van der Waals surface area contributed by atoms with E-state index in [0.29, 0.717) is 6.42 Å². The van der Waals surface area contributed by atoms with Crippen molar-refractivity contribution in [2.45, 2.75) is 213 Å². The van der Waals surface area contributed by atoms with Crippen LogP contribution in [-0.4, -0.2) is 12.1 Å². The van der Waals surface area contributed by atoms with Crippen molar-refractivity contribution in [1.29, 1.82) is 0 Å². The van der Waals surface area contributed by atoms with Crippen molar-refractivity contribution >= 4 is 5.97 Å². The highest BCUT2D eigenvalue weighted by molar-refractivity contribution is 5.69. The van der Waals surface area contributed by atoms with Gasteiger partial charge in [-0.05, 0) is 83.5 Å². The first-order chi connectivity index (χ1) is 19.7. The van der Waals surface area contributed by atoms with Crippen LogP contribution in [0.25, 0.3) is 0 Å². The van der Waals surface area contributed by atoms with Gasteiger partial charge in [-0.1, -0.05) is 141 Å². The molecule has 0 saturated heterocycles. The van der Waals surface area contributed by atoms with Crippen LogP contribution in [0.2, 0.25) is 0 Å². The lowest BCUT2D eigenvalue weighted by molar-refractivity contribution is -0.150. The zero-order chi connectivity index (χ0) is 29.2. The van der Waals surface area contributed by atoms with E-state index in [4.69, 9.17) is 4.74 Å². The fourth-order valence-electron chi connectivity index (χ4n) is 5.36. The van der Waals surface area contributed by atoms with Gasteiger partial charge >= 0.3 is 5.97 Å². The fraction of sp³-hybridized carbons (Fsp3) is 0.868. The SMILES string of the molecule is CCCCCC/C=C\CCCCCCCCC(CCCCCCCC/C=C\CCCCCC)OC(=O)CCCC. The standard InChI is InChI=1S/C38H72O2/c1-4-7-10-12-14-16-18-20-22-24-26-28-30-32-34-37(40-38(39)36-9-6-3)35-33-31-29-27-25-23-21-19-17-15-13-11-8-5-2/h16-19,37H,4-15,20-36H2,1-3H3/b18-16-,19-17-. The van der Waals surface area contributed by atoms with Gasteiger partial charge in [-0.2, -0.15) is 0 Å². The van der Waals surface area contributed by atoms with E-state index >= 15 is 0 Å². The Labute approximate surface area is 252 Å². The molecular formula is C38H72O2. The number of hydrogen-bond donors (Lipinski definition) is 0. The van der Waals surface area contributed by atoms with Gasteiger partial charge in [-0.15, -0.1) is 0 Å². The van der Waals surface area contributed by atoms with E-state index in [2.05, 4.69) is 45.1 Å². The molecule has 236 valence electrons. The third-order valence-electron chi connectivity index (χ3n) is 8.11. The summed E-state index contributed by atoms with van der Waals surface area (Å²) in [7, 11) is 0. The number of hydrogen-bond acceptors (Lipinski definition) is 2. The average Bonchev–Trinajstić information content (AvgIpc) is 2.96. The Hall–Kier alpha value is -1.05. The van der Waals surface area contributed by atoms with Gasteiger partial charge < -0.3 is 4.74 Å². The summed E-state index contributed by atoms with van der Waals surface area (Å²) in [5, 5.41) is 0. The molecule has 0 fully saturated rings. The van der Waals surface area contributed by atoms with Crippen LogP contribution >= 0.6 is 0 Å². The quantitative estimate of drug-likeness (QED) is 0.0464. The van der Waals surface area contributed by atoms with Crippen LogP contribution < -0.4 is 0 Å². The normalized spacial score (nSPS) is 11.9. The van der Waals surface area contributed by atoms with Crippen molar-refractivity contribution in [3.63, 3.8) is 0 Å². The lowest BCUT2D eigenvalue weighted by Gasteiger charge is -2.18. The minimum absolute atomic E-state index is 0.0312. The number of allylic oxidation sites excluding steroid dienone is 4. The van der Waals surface area contributed by atoms with Crippen molar-refractivity contribution in [1.82, 2.24) is 0 Å². The third-order valence-corrected chi connectivity index (χ3v) is 8.11. The molecule has 0 aromatic heterocycles. The zero-order valence-corrected chi connectivity index (χ0v) is 27.7. The van der Waals surface area contributed by atoms with E-state index in [0.717, 1.165) is 25.7 Å². The van der Waals surface area contributed by atoms with E-state index in [1.54, 1.807) is 0 Å². The second kappa shape index (κ2) is 34.2. The molecule has 40 heavy (non-hydrogen) atoms. The third kappa shape index (κ3) is 31.5. The van der Waals surface area contributed by atoms with Crippen LogP contribution in [0.3, 0.4) is 0 Å². The van der Waals surface area contributed by atoms with Crippen molar-refractivity contribution in [2.24, 2.45) is 0 Å². The highest BCUT2D eigenvalue weighted by Crippen LogP contribution is 2.18. The van der Waals surface area contributed by atoms with Gasteiger partial charge in [0, 0.05) is 6.42 Å². The molecule has 0 aliphatic rings. The molecule has 0 amide bonds. The first-order valence-corrected chi connectivity index (χ1v) is 18.2. The number of esters is 1. The average molecular weight is 561 g/mol. The van der Waals surface area contributed by atoms with Crippen LogP contribution in [0.15, 0.2) is 24.3 Å². The van der Waals surface area contributed by atoms with E-state index in [9.17, 15) is 4.79 Å². The van der Waals surface area contributed by atoms with Gasteiger partial charge in [0.25, 0.3) is 0 Å². The molecule has 0 aromatic carbocycles. The second-order valence-corrected chi connectivity index (χ2v) is 12.3. The molecule has 0 aromatic rings. The number of carbonyl (C=O) groups excluding carboxylic acids is 1. The number of carbonyl (C=O) groups is 1. The van der Waals surface area contributed by atoms with Crippen molar-refractivity contribution in [3.05, 3.63) is 24.3 Å². The molecule has 0 spiro atoms. The monoisotopic (exact) mass is 561 g/mol. The second-order valence-electron chi connectivity index (χ2n) is 12.3. The predicted octanol–water partition coefficient (Wildman–Crippen LogP) is 13.4. The summed E-state index contributed by atoms with van der Waals surface area (Å²) < 4.78 is 5.93. The Bertz CT molecular complexity index is 512. The van der Waals surface area contributed by atoms with Crippen LogP contribution in [0.5, 0.6) is 0 Å². The first kappa shape index (κ1) is 39.0. The summed E-state index contributed by atoms with van der Waals surface area (Å²) in [6.45, 7) is 6.69. The van der Waals surface area contributed by atoms with E-state index in [1.165, 1.54) is 154 Å². The molecule has 2 heteroatoms. The van der Waals surface area contributed by atoms with E-state index < -0.39 is 0 Å². The summed E-state index contributed by atoms with van der Waals surface area (Å²) in [5.74, 6) is 0.0312. The van der Waals surface area contributed by atoms with Crippen LogP contribution in [0.1, 0.15) is 207 Å². The summed E-state index contributed by atoms with van der Waals surface area (Å²) in [5.41, 5.74) is 0. The molecule has 0 atom stereocenters. The fourth-order valence-corrected chi connectivity index (χ4v) is 5.36. The lowest BCUT2D eigenvalue weighted by Crippen LogP contribution is -2.18. The van der Waals surface area contributed by atoms with Gasteiger partial charge in [0.05, 0.1) is 0 Å². The molecule has 0 rings (SSSR count). The van der Waals surface area contributed by atoms with Crippen molar-refractivity contribution in [2.75, 3.05) is 0 Å². The van der Waals surface area contributed by atoms with E-state index in [1.807, 2.05) is 0 Å². The Morgan fingerprint density at radius 3 is 1.15 bits per heavy atom. The molecule has 0 heterocycles. The van der Waals surface area contributed by atoms with Gasteiger partial charge in [0.2, 0.25) is 0 Å². The maximum absolute atomic E-state index is 12.3. The molecule has 0 unspecified atom stereocenters. The molecule has 2 nitrogen and oxygen atoms in total. The van der Waals surface area contributed by atoms with Crippen molar-refractivity contribution < 1.29 is 9.53 Å². The zero-order valence-electron chi connectivity index (χ0n) is 27.7. The number of ether oxygens (including phenoxy) is 1. The molecule has 0 N–H and O–H groups in total. The molecule has 0 saturated carbocycles. The Morgan fingerprint density at radius 1 is 0.450 bits per heavy atom. The lowest BCUT2D eigenvalue weighted by atomic mass is 10.0. The van der Waals surface area contributed by atoms with Crippen LogP contribution in [-0.2, 0) is 9.53 Å². The van der Waals surface area contributed by atoms with Crippen LogP contribution in [0, 0.1) is 0 Å². The molecular weight excluding hydrogens is 488 g/mol. The Morgan fingerprint density at radius 2 is 0.775 bits per heavy atom. The number of unbranched alkanes of at least 4 members (excludes halogenated alkanes) is 21. The largest absolute Gasteiger partial charge is 0.462 e. The highest BCUT2D eigenvalue weighted by atomic mass is 16.5. The highest BCUT2D eigenvalue weighted by Gasteiger charge is 2.14. The smallest absolute Gasteiger partial charge is 0.306 e. The van der Waals surface area contributed by atoms with Crippen molar-refractivity contribution in [3.8, 4) is 0 Å². The molecule has 0 radical (unpaired) electrons. The summed E-state index contributed by atoms with van der Waals surface area (Å²) in [4.78, 5) is 12.3. The van der Waals surface area contributed by atoms with Gasteiger partial charge in [0.1, 0.15) is 6.10 Å². The summed E-state index contributed by atoms with van der Waals surface area (Å²) >= 11 is 0. The first-order valence-electron chi connectivity index (χ1n) is 18.2. The Balaban J connectivity index is 3.85. The van der Waals surface area contributed by atoms with Crippen LogP contribution in [0.4, 0.5) is 0 Å². The molecule has 0 aliphatic heterocycles. The summed E-state index contributed by atoms with van der Waals surface area (Å²) in [6.07, 6.45) is 46.1. The predicted molar refractivity (Wildman–Crippen MR) is 179 cm³/mol. The summed E-state index contributed by atoms with van der Waals surface area (Å²) in [6, 6.07) is 0. The Kier molecular flexibility index (Phi) is 33.3. The van der Waals surface area contributed by atoms with Gasteiger partial charge in [-0.3, -0.25) is 4.79 Å². The minimum atomic E-state index is 0.0312. The maximum atomic E-state index is 12.3. The molecule has 0 bridgehead atoms. The van der Waals surface area contributed by atoms with Gasteiger partial charge in [0.15, 0.2) is 0 Å². The maximum Gasteiger partial charge on any atom is 0.306 e. The van der Waals surface area contributed by atoms with E-state index in [-0.39, 0.29) is 12.1 Å². The molecule has 0 aliphatic carbocycles. The minimum Gasteiger partial charge on any atom is -0.462 e. The number of rotatable bonds is 32. The van der Waals surface area contributed by atoms with Gasteiger partial charge in [-0.25, -0.2) is 0 Å². The topological polar surface area (TPSA) is 26.3 Å².